The summed E-state index contributed by atoms with van der Waals surface area (Å²) in [5.41, 5.74) is 0. The molecule has 9 nitrogen and oxygen atoms in total. The van der Waals surface area contributed by atoms with E-state index in [9.17, 15) is 34.5 Å². The summed E-state index contributed by atoms with van der Waals surface area (Å²) in [7, 11) is 0. The number of aliphatic carboxylic acids is 3. The summed E-state index contributed by atoms with van der Waals surface area (Å²) < 4.78 is 0. The Labute approximate surface area is 168 Å². The molecule has 0 radical (unpaired) electrons. The van der Waals surface area contributed by atoms with Gasteiger partial charge in [-0.25, -0.2) is 4.79 Å². The third kappa shape index (κ3) is 16.0. The minimum atomic E-state index is -1.66. The number of hydrogen-bond acceptors (Lipinski definition) is 8. The van der Waals surface area contributed by atoms with Gasteiger partial charge in [0.15, 0.2) is 0 Å². The van der Waals surface area contributed by atoms with Gasteiger partial charge >= 0.3 is 62.6 Å². The second-order valence-corrected chi connectivity index (χ2v) is 3.85. The third-order valence-corrected chi connectivity index (χ3v) is 2.23. The average molecular weight is 307 g/mol. The van der Waals surface area contributed by atoms with Gasteiger partial charge in [0.1, 0.15) is 0 Å². The molecule has 0 fully saturated rings. The smallest absolute Gasteiger partial charge is 0.862 e. The number of carboxylic acid groups (broad SMARTS) is 3. The average Bonchev–Trinajstić information content (AvgIpc) is 2.34. The Morgan fingerprint density at radius 3 is 1.83 bits per heavy atom. The van der Waals surface area contributed by atoms with Crippen molar-refractivity contribution in [1.82, 2.24) is 0 Å². The molecule has 0 aliphatic rings. The molecule has 0 spiro atoms. The van der Waals surface area contributed by atoms with E-state index in [2.05, 4.69) is 4.99 Å². The molecule has 112 valence electrons. The Morgan fingerprint density at radius 2 is 1.43 bits per heavy atom. The minimum Gasteiger partial charge on any atom is -0.862 e. The third-order valence-electron chi connectivity index (χ3n) is 2.23. The van der Waals surface area contributed by atoms with Gasteiger partial charge < -0.3 is 30.0 Å². The Morgan fingerprint density at radius 1 is 0.913 bits per heavy atom. The molecule has 0 aromatic carbocycles. The van der Waals surface area contributed by atoms with E-state index in [0.717, 1.165) is 0 Å². The topological polar surface area (TPSA) is 170 Å². The molecular formula is C11H12Li3NO8. The summed E-state index contributed by atoms with van der Waals surface area (Å²) in [5.74, 6) is -6.77. The summed E-state index contributed by atoms with van der Waals surface area (Å²) in [6.45, 7) is 0. The van der Waals surface area contributed by atoms with E-state index >= 15 is 0 Å². The van der Waals surface area contributed by atoms with Gasteiger partial charge in [0.25, 0.3) is 0 Å². The first-order valence-corrected chi connectivity index (χ1v) is 5.64. The molecule has 0 amide bonds. The summed E-state index contributed by atoms with van der Waals surface area (Å²) in [5, 5.41) is 40.3. The Hall–Kier alpha value is -0.658. The number of rotatable bonds is 10. The fraction of sp³-hybridized carbons (Fsp3) is 0.545. The van der Waals surface area contributed by atoms with Crippen molar-refractivity contribution in [2.75, 3.05) is 0 Å². The second-order valence-electron chi connectivity index (χ2n) is 3.85. The molecule has 1 N–H and O–H groups in total. The van der Waals surface area contributed by atoms with Crippen LogP contribution in [0.3, 0.4) is 0 Å². The maximum Gasteiger partial charge on any atom is 1.00 e. The fourth-order valence-corrected chi connectivity index (χ4v) is 1.25. The minimum absolute atomic E-state index is 0. The zero-order chi connectivity index (χ0) is 15.7. The van der Waals surface area contributed by atoms with Crippen LogP contribution < -0.4 is 71.9 Å². The first kappa shape index (κ1) is 30.2. The molecule has 0 aromatic rings. The van der Waals surface area contributed by atoms with Crippen molar-refractivity contribution in [2.24, 2.45) is 4.99 Å². The van der Waals surface area contributed by atoms with E-state index in [1.165, 1.54) is 0 Å². The molecule has 0 saturated carbocycles. The standard InChI is InChI=1S/C11H15NO8.3Li/c13-7(11(19)20)3-1-2-6(10(17)18)12-8(14)4-5-9(15)16;;;/h6H,1-5H2,(H,12,14)(H,15,16)(H,17,18)(H,19,20);;;/q;3*+1/p-3/t6-;;;/m0.../s1. The molecule has 12 heteroatoms. The number of Topliss-reactive ketones (excluding diaryl/α,β-unsaturated/α-hetero) is 1. The van der Waals surface area contributed by atoms with Gasteiger partial charge in [-0.15, -0.1) is 0 Å². The molecule has 1 atom stereocenters. The van der Waals surface area contributed by atoms with Gasteiger partial charge in [-0.1, -0.05) is 0 Å². The van der Waals surface area contributed by atoms with Crippen molar-refractivity contribution in [3.05, 3.63) is 0 Å². The van der Waals surface area contributed by atoms with Gasteiger partial charge in [0, 0.05) is 12.4 Å². The number of aliphatic imine (C=N–C) groups is 1. The molecule has 0 heterocycles. The van der Waals surface area contributed by atoms with Crippen LogP contribution in [0.1, 0.15) is 32.1 Å². The van der Waals surface area contributed by atoms with Crippen molar-refractivity contribution >= 4 is 29.6 Å². The van der Waals surface area contributed by atoms with Crippen LogP contribution in [0.25, 0.3) is 0 Å². The van der Waals surface area contributed by atoms with E-state index in [1.54, 1.807) is 0 Å². The van der Waals surface area contributed by atoms with Crippen LogP contribution in [-0.4, -0.2) is 40.7 Å². The van der Waals surface area contributed by atoms with Crippen molar-refractivity contribution in [2.45, 2.75) is 38.1 Å². The number of nitrogens with zero attached hydrogens (tertiary/aromatic N) is 1. The molecule has 0 aliphatic heterocycles. The van der Waals surface area contributed by atoms with Crippen LogP contribution >= 0.6 is 0 Å². The molecule has 0 rings (SSSR count). The Balaban J connectivity index is -0.000000602. The van der Waals surface area contributed by atoms with Gasteiger partial charge in [-0.05, 0) is 31.6 Å². The number of ketones is 1. The van der Waals surface area contributed by atoms with Crippen LogP contribution in [0.15, 0.2) is 4.99 Å². The summed E-state index contributed by atoms with van der Waals surface area (Å²) in [4.78, 5) is 45.0. The Kier molecular flexibility index (Phi) is 21.3. The quantitative estimate of drug-likeness (QED) is 0.179. The number of hydrogen-bond donors (Lipinski definition) is 1. The predicted octanol–water partition coefficient (Wildman–Crippen LogP) is -12.8. The van der Waals surface area contributed by atoms with Crippen molar-refractivity contribution in [3.8, 4) is 0 Å². The SMILES string of the molecule is O=C([O-])CCC([O-])=N[C@@H](CCCC(=O)C(=O)O)C(=O)[O-].[Li+].[Li+].[Li+]. The molecule has 0 aliphatic carbocycles. The molecule has 0 bridgehead atoms. The largest absolute Gasteiger partial charge is 1.00 e. The van der Waals surface area contributed by atoms with Crippen LogP contribution in [-0.2, 0) is 19.2 Å². The van der Waals surface area contributed by atoms with Gasteiger partial charge in [0.05, 0.1) is 12.0 Å². The van der Waals surface area contributed by atoms with Gasteiger partial charge in [0.2, 0.25) is 5.78 Å². The number of carbonyl (C=O) groups is 4. The monoisotopic (exact) mass is 307 g/mol. The second kappa shape index (κ2) is 16.2. The van der Waals surface area contributed by atoms with E-state index in [4.69, 9.17) is 5.11 Å². The summed E-state index contributed by atoms with van der Waals surface area (Å²) in [6, 6.07) is -1.54. The van der Waals surface area contributed by atoms with E-state index in [-0.39, 0.29) is 75.8 Å². The summed E-state index contributed by atoms with van der Waals surface area (Å²) >= 11 is 0. The van der Waals surface area contributed by atoms with Crippen molar-refractivity contribution < 1.29 is 96.2 Å². The predicted molar refractivity (Wildman–Crippen MR) is 57.0 cm³/mol. The van der Waals surface area contributed by atoms with Crippen LogP contribution in [0.5, 0.6) is 0 Å². The molecule has 0 unspecified atom stereocenters. The fourth-order valence-electron chi connectivity index (χ4n) is 1.25. The maximum absolute atomic E-state index is 11.2. The normalized spacial score (nSPS) is 11.0. The van der Waals surface area contributed by atoms with Crippen molar-refractivity contribution in [1.29, 1.82) is 0 Å². The Bertz CT molecular complexity index is 441. The zero-order valence-electron chi connectivity index (χ0n) is 13.4. The van der Waals surface area contributed by atoms with Crippen LogP contribution in [0.4, 0.5) is 0 Å². The first-order valence-electron chi connectivity index (χ1n) is 5.64. The van der Waals surface area contributed by atoms with E-state index in [1.807, 2.05) is 0 Å². The maximum atomic E-state index is 11.2. The van der Waals surface area contributed by atoms with Gasteiger partial charge in [-0.2, -0.15) is 0 Å². The van der Waals surface area contributed by atoms with E-state index in [0.29, 0.717) is 0 Å². The van der Waals surface area contributed by atoms with Crippen LogP contribution in [0.2, 0.25) is 0 Å². The van der Waals surface area contributed by atoms with Crippen molar-refractivity contribution in [3.63, 3.8) is 0 Å². The molecular weight excluding hydrogens is 295 g/mol. The molecule has 23 heavy (non-hydrogen) atoms. The molecule has 0 saturated heterocycles. The van der Waals surface area contributed by atoms with Gasteiger partial charge in [-0.3, -0.25) is 9.79 Å². The summed E-state index contributed by atoms with van der Waals surface area (Å²) in [6.07, 6.45) is -1.82. The number of carboxylic acids is 3. The molecule has 0 aromatic heterocycles. The van der Waals surface area contributed by atoms with E-state index < -0.39 is 48.5 Å². The zero-order valence-corrected chi connectivity index (χ0v) is 13.4. The number of carbonyl (C=O) groups excluding carboxylic acids is 3. The first-order chi connectivity index (χ1) is 9.23. The van der Waals surface area contributed by atoms with Crippen LogP contribution in [0, 0.1) is 0 Å².